The minimum Gasteiger partial charge on any atom is -0.317 e. The van der Waals surface area contributed by atoms with E-state index in [4.69, 9.17) is 0 Å². The first-order valence-electron chi connectivity index (χ1n) is 6.75. The molecule has 0 saturated carbocycles. The number of pyridine rings is 1. The topological polar surface area (TPSA) is 71.1 Å². The third-order valence-corrected chi connectivity index (χ3v) is 3.15. The van der Waals surface area contributed by atoms with Crippen LogP contribution in [0.3, 0.4) is 0 Å². The zero-order chi connectivity index (χ0) is 15.4. The van der Waals surface area contributed by atoms with Gasteiger partial charge in [-0.25, -0.2) is 4.98 Å². The lowest BCUT2D eigenvalue weighted by atomic mass is 10.1. The predicted octanol–water partition coefficient (Wildman–Crippen LogP) is 2.81. The summed E-state index contributed by atoms with van der Waals surface area (Å²) < 4.78 is 0. The third-order valence-electron chi connectivity index (χ3n) is 3.15. The van der Waals surface area contributed by atoms with E-state index in [1.165, 1.54) is 6.20 Å². The van der Waals surface area contributed by atoms with Gasteiger partial charge in [0.15, 0.2) is 0 Å². The minimum absolute atomic E-state index is 0.334. The van der Waals surface area contributed by atoms with E-state index in [0.29, 0.717) is 11.5 Å². The molecule has 0 atom stereocenters. The van der Waals surface area contributed by atoms with Crippen LogP contribution >= 0.6 is 0 Å². The average molecular weight is 291 g/mol. The van der Waals surface area contributed by atoms with Crippen LogP contribution in [0, 0.1) is 0 Å². The lowest BCUT2D eigenvalue weighted by Gasteiger charge is -2.08. The molecule has 5 nitrogen and oxygen atoms in total. The summed E-state index contributed by atoms with van der Waals surface area (Å²) in [6.07, 6.45) is 1.54. The number of hydrogen-bond acceptors (Lipinski definition) is 3. The Labute approximate surface area is 127 Å². The van der Waals surface area contributed by atoms with Gasteiger partial charge in [0, 0.05) is 17.3 Å². The molecule has 2 amide bonds. The first-order chi connectivity index (χ1) is 10.7. The highest BCUT2D eigenvalue weighted by Gasteiger charge is 2.15. The van der Waals surface area contributed by atoms with Gasteiger partial charge in [-0.2, -0.15) is 0 Å². The van der Waals surface area contributed by atoms with Gasteiger partial charge in [-0.05, 0) is 23.6 Å². The number of fused-ring (bicyclic) bond motifs is 1. The molecular weight excluding hydrogens is 278 g/mol. The highest BCUT2D eigenvalue weighted by atomic mass is 16.2. The molecule has 0 spiro atoms. The second-order valence-electron chi connectivity index (χ2n) is 4.65. The molecule has 0 aliphatic carbocycles. The Hall–Kier alpha value is -3.21. The van der Waals surface area contributed by atoms with Crippen molar-refractivity contribution in [1.29, 1.82) is 0 Å². The second-order valence-corrected chi connectivity index (χ2v) is 4.65. The number of benzene rings is 2. The van der Waals surface area contributed by atoms with Crippen LogP contribution in [0.1, 0.15) is 0 Å². The summed E-state index contributed by atoms with van der Waals surface area (Å²) in [5.74, 6) is -1.16. The second kappa shape index (κ2) is 6.05. The predicted molar refractivity (Wildman–Crippen MR) is 85.4 cm³/mol. The van der Waals surface area contributed by atoms with Crippen molar-refractivity contribution in [3.63, 3.8) is 0 Å². The molecule has 2 N–H and O–H groups in total. The Morgan fingerprint density at radius 1 is 0.773 bits per heavy atom. The van der Waals surface area contributed by atoms with Gasteiger partial charge in [0.1, 0.15) is 5.82 Å². The van der Waals surface area contributed by atoms with Gasteiger partial charge >= 0.3 is 11.8 Å². The van der Waals surface area contributed by atoms with Crippen LogP contribution in [0.25, 0.3) is 10.8 Å². The Kier molecular flexibility index (Phi) is 3.78. The van der Waals surface area contributed by atoms with Crippen LogP contribution in [0.5, 0.6) is 0 Å². The Bertz CT molecular complexity index is 826. The van der Waals surface area contributed by atoms with Gasteiger partial charge < -0.3 is 10.6 Å². The Morgan fingerprint density at radius 3 is 2.32 bits per heavy atom. The Balaban J connectivity index is 1.77. The molecule has 0 fully saturated rings. The van der Waals surface area contributed by atoms with Crippen molar-refractivity contribution >= 4 is 34.1 Å². The van der Waals surface area contributed by atoms with Crippen LogP contribution in [0.15, 0.2) is 66.9 Å². The van der Waals surface area contributed by atoms with Crippen LogP contribution < -0.4 is 10.6 Å². The molecule has 0 unspecified atom stereocenters. The third kappa shape index (κ3) is 2.93. The standard InChI is InChI=1S/C17H13N3O2/c21-16(17(22)20-15-10-3-4-11-18-15)19-14-9-5-7-12-6-1-2-8-13(12)14/h1-11H,(H,19,21)(H,18,20,22). The number of hydrogen-bond donors (Lipinski definition) is 2. The molecule has 0 aliphatic rings. The molecule has 0 saturated heterocycles. The van der Waals surface area contributed by atoms with E-state index < -0.39 is 11.8 Å². The summed E-state index contributed by atoms with van der Waals surface area (Å²) in [5, 5.41) is 6.94. The quantitative estimate of drug-likeness (QED) is 0.713. The fraction of sp³-hybridized carbons (Fsp3) is 0. The molecular formula is C17H13N3O2. The van der Waals surface area contributed by atoms with Crippen LogP contribution in [-0.2, 0) is 9.59 Å². The lowest BCUT2D eigenvalue weighted by Crippen LogP contribution is -2.29. The molecule has 0 bridgehead atoms. The van der Waals surface area contributed by atoms with Gasteiger partial charge in [0.25, 0.3) is 0 Å². The maximum Gasteiger partial charge on any atom is 0.315 e. The molecule has 0 aliphatic heterocycles. The smallest absolute Gasteiger partial charge is 0.315 e. The number of nitrogens with zero attached hydrogens (tertiary/aromatic N) is 1. The highest BCUT2D eigenvalue weighted by molar-refractivity contribution is 6.44. The molecule has 2 aromatic carbocycles. The number of carbonyl (C=O) groups excluding carboxylic acids is 2. The van der Waals surface area contributed by atoms with Gasteiger partial charge in [0.05, 0.1) is 0 Å². The summed E-state index contributed by atoms with van der Waals surface area (Å²) in [7, 11) is 0. The lowest BCUT2D eigenvalue weighted by molar-refractivity contribution is -0.133. The molecule has 3 aromatic rings. The van der Waals surface area contributed by atoms with Crippen molar-refractivity contribution in [2.45, 2.75) is 0 Å². The van der Waals surface area contributed by atoms with Crippen molar-refractivity contribution < 1.29 is 9.59 Å². The summed E-state index contributed by atoms with van der Waals surface area (Å²) in [6, 6.07) is 18.2. The van der Waals surface area contributed by atoms with E-state index in [1.807, 2.05) is 36.4 Å². The van der Waals surface area contributed by atoms with E-state index in [0.717, 1.165) is 10.8 Å². The van der Waals surface area contributed by atoms with Crippen molar-refractivity contribution in [1.82, 2.24) is 4.98 Å². The maximum atomic E-state index is 12.0. The summed E-state index contributed by atoms with van der Waals surface area (Å²) in [4.78, 5) is 27.8. The average Bonchev–Trinajstić information content (AvgIpc) is 2.56. The number of nitrogens with one attached hydrogen (secondary N) is 2. The molecule has 3 rings (SSSR count). The minimum atomic E-state index is -0.758. The van der Waals surface area contributed by atoms with Crippen molar-refractivity contribution in [2.24, 2.45) is 0 Å². The zero-order valence-corrected chi connectivity index (χ0v) is 11.6. The van der Waals surface area contributed by atoms with Crippen molar-refractivity contribution in [3.8, 4) is 0 Å². The first kappa shape index (κ1) is 13.8. The Morgan fingerprint density at radius 2 is 1.50 bits per heavy atom. The molecule has 108 valence electrons. The molecule has 1 aromatic heterocycles. The monoisotopic (exact) mass is 291 g/mol. The molecule has 5 heteroatoms. The van der Waals surface area contributed by atoms with Crippen LogP contribution in [-0.4, -0.2) is 16.8 Å². The van der Waals surface area contributed by atoms with Gasteiger partial charge in [-0.1, -0.05) is 42.5 Å². The van der Waals surface area contributed by atoms with Crippen LogP contribution in [0.4, 0.5) is 11.5 Å². The highest BCUT2D eigenvalue weighted by Crippen LogP contribution is 2.22. The SMILES string of the molecule is O=C(Nc1ccccn1)C(=O)Nc1cccc2ccccc12. The molecule has 1 heterocycles. The number of carbonyl (C=O) groups is 2. The summed E-state index contributed by atoms with van der Waals surface area (Å²) >= 11 is 0. The van der Waals surface area contributed by atoms with Gasteiger partial charge in [-0.3, -0.25) is 9.59 Å². The van der Waals surface area contributed by atoms with Crippen molar-refractivity contribution in [2.75, 3.05) is 10.6 Å². The number of amides is 2. The normalized spacial score (nSPS) is 10.2. The van der Waals surface area contributed by atoms with E-state index >= 15 is 0 Å². The van der Waals surface area contributed by atoms with Crippen molar-refractivity contribution in [3.05, 3.63) is 66.9 Å². The molecule has 0 radical (unpaired) electrons. The summed E-state index contributed by atoms with van der Waals surface area (Å²) in [6.45, 7) is 0. The van der Waals surface area contributed by atoms with Gasteiger partial charge in [-0.15, -0.1) is 0 Å². The fourth-order valence-electron chi connectivity index (χ4n) is 2.12. The maximum absolute atomic E-state index is 12.0. The largest absolute Gasteiger partial charge is 0.317 e. The number of rotatable bonds is 2. The van der Waals surface area contributed by atoms with E-state index in [9.17, 15) is 9.59 Å². The molecule has 22 heavy (non-hydrogen) atoms. The van der Waals surface area contributed by atoms with E-state index in [2.05, 4.69) is 15.6 Å². The zero-order valence-electron chi connectivity index (χ0n) is 11.6. The fourth-order valence-corrected chi connectivity index (χ4v) is 2.12. The number of aromatic nitrogens is 1. The van der Waals surface area contributed by atoms with E-state index in [1.54, 1.807) is 24.3 Å². The van der Waals surface area contributed by atoms with E-state index in [-0.39, 0.29) is 0 Å². The van der Waals surface area contributed by atoms with Gasteiger partial charge in [0.2, 0.25) is 0 Å². The van der Waals surface area contributed by atoms with Crippen LogP contribution in [0.2, 0.25) is 0 Å². The first-order valence-corrected chi connectivity index (χ1v) is 6.75. The summed E-state index contributed by atoms with van der Waals surface area (Å²) in [5.41, 5.74) is 0.597. The number of anilines is 2.